The number of nitrogens with one attached hydrogen (secondary N) is 1. The molecule has 4 heteroatoms. The van der Waals surface area contributed by atoms with Gasteiger partial charge in [0.05, 0.1) is 13.1 Å². The highest BCUT2D eigenvalue weighted by molar-refractivity contribution is 5.88. The van der Waals surface area contributed by atoms with Crippen LogP contribution >= 0.6 is 0 Å². The zero-order valence-corrected chi connectivity index (χ0v) is 14.9. The molecule has 1 heterocycles. The van der Waals surface area contributed by atoms with Gasteiger partial charge in [0.2, 0.25) is 11.7 Å². The Balaban J connectivity index is 2.54. The van der Waals surface area contributed by atoms with Crippen molar-refractivity contribution in [1.29, 1.82) is 0 Å². The normalized spacial score (nSPS) is 22.8. The summed E-state index contributed by atoms with van der Waals surface area (Å²) < 4.78 is 0.770. The lowest BCUT2D eigenvalue weighted by atomic mass is 10.1. The van der Waals surface area contributed by atoms with Gasteiger partial charge in [-0.15, -0.1) is 0 Å². The molecule has 1 aliphatic heterocycles. The molecule has 1 rings (SSSR count). The molecular weight excluding hydrogens is 274 g/mol. The largest absolute Gasteiger partial charge is 0.307 e. The topological polar surface area (TPSA) is 41.5 Å². The first-order valence-corrected chi connectivity index (χ1v) is 8.92. The van der Waals surface area contributed by atoms with Crippen LogP contribution in [0, 0.1) is 0 Å². The van der Waals surface area contributed by atoms with E-state index in [-0.39, 0.29) is 12.1 Å². The molecule has 0 aliphatic carbocycles. The van der Waals surface area contributed by atoms with Crippen LogP contribution < -0.4 is 5.32 Å². The minimum atomic E-state index is 0.0320. The van der Waals surface area contributed by atoms with Gasteiger partial charge in [-0.05, 0) is 19.8 Å². The van der Waals surface area contributed by atoms with E-state index in [0.29, 0.717) is 0 Å². The molecule has 0 bridgehead atoms. The minimum Gasteiger partial charge on any atom is -0.307 e. The molecule has 2 atom stereocenters. The summed E-state index contributed by atoms with van der Waals surface area (Å²) in [4.78, 5) is 16.1. The van der Waals surface area contributed by atoms with Gasteiger partial charge in [0.1, 0.15) is 6.54 Å². The molecule has 1 amide bonds. The van der Waals surface area contributed by atoms with Crippen molar-refractivity contribution in [2.75, 3.05) is 19.6 Å². The van der Waals surface area contributed by atoms with Crippen molar-refractivity contribution in [2.24, 2.45) is 4.99 Å². The predicted molar refractivity (Wildman–Crippen MR) is 93.8 cm³/mol. The Bertz CT molecular complexity index is 403. The fourth-order valence-corrected chi connectivity index (χ4v) is 3.26. The van der Waals surface area contributed by atoms with Crippen LogP contribution in [0.3, 0.4) is 0 Å². The van der Waals surface area contributed by atoms with E-state index in [0.717, 1.165) is 36.4 Å². The Hall–Kier alpha value is -1.16. The summed E-state index contributed by atoms with van der Waals surface area (Å²) >= 11 is 0. The van der Waals surface area contributed by atoms with Crippen LogP contribution in [0.15, 0.2) is 17.1 Å². The van der Waals surface area contributed by atoms with Gasteiger partial charge in [-0.1, -0.05) is 38.7 Å². The molecule has 126 valence electrons. The highest BCUT2D eigenvalue weighted by Crippen LogP contribution is 2.20. The predicted octanol–water partition coefficient (Wildman–Crippen LogP) is 3.63. The number of unbranched alkanes of at least 4 members (excludes halogenated alkanes) is 5. The van der Waals surface area contributed by atoms with Gasteiger partial charge in [0, 0.05) is 19.9 Å². The molecule has 22 heavy (non-hydrogen) atoms. The number of hydrogen-bond acceptors (Lipinski definition) is 2. The van der Waals surface area contributed by atoms with E-state index in [1.54, 1.807) is 6.92 Å². The number of quaternary nitrogens is 1. The second kappa shape index (κ2) is 9.78. The molecule has 0 saturated carbocycles. The van der Waals surface area contributed by atoms with Crippen molar-refractivity contribution < 1.29 is 9.28 Å². The fourth-order valence-electron chi connectivity index (χ4n) is 3.26. The maximum Gasteiger partial charge on any atom is 0.224 e. The standard InChI is InChI=1S/C18H33N3O/c1-5-7-8-9-10-11-12-13-18-19-14-15-21(18,6-2)16(3)20-17(4)22/h12-13,16H,5-11,14-15H2,1-4H3/p+1/b13-12+. The van der Waals surface area contributed by atoms with Crippen molar-refractivity contribution >= 4 is 11.7 Å². The molecule has 0 saturated heterocycles. The number of allylic oxidation sites excluding steroid dienone is 1. The molecule has 0 aromatic rings. The van der Waals surface area contributed by atoms with Gasteiger partial charge >= 0.3 is 0 Å². The van der Waals surface area contributed by atoms with Crippen LogP contribution in [-0.2, 0) is 4.79 Å². The number of carbonyl (C=O) groups excluding carboxylic acids is 1. The Morgan fingerprint density at radius 3 is 2.68 bits per heavy atom. The van der Waals surface area contributed by atoms with Crippen LogP contribution in [0.5, 0.6) is 0 Å². The summed E-state index contributed by atoms with van der Waals surface area (Å²) in [6.07, 6.45) is 12.2. The van der Waals surface area contributed by atoms with E-state index < -0.39 is 0 Å². The van der Waals surface area contributed by atoms with Crippen LogP contribution in [0.2, 0.25) is 0 Å². The third-order valence-corrected chi connectivity index (χ3v) is 4.69. The average Bonchev–Trinajstić information content (AvgIpc) is 2.90. The van der Waals surface area contributed by atoms with Gasteiger partial charge < -0.3 is 5.32 Å². The number of likely N-dealkylation sites (N-methyl/N-ethyl adjacent to an activating group) is 1. The first kappa shape index (κ1) is 18.9. The molecular formula is C18H34N3O+. The van der Waals surface area contributed by atoms with Crippen LogP contribution in [0.25, 0.3) is 0 Å². The SMILES string of the molecule is CCCCCCC/C=C/C1=NCC[N+]1(CC)C(C)NC(C)=O. The molecule has 0 spiro atoms. The van der Waals surface area contributed by atoms with Crippen LogP contribution in [-0.4, -0.2) is 42.0 Å². The van der Waals surface area contributed by atoms with Crippen molar-refractivity contribution in [3.05, 3.63) is 12.2 Å². The van der Waals surface area contributed by atoms with Crippen molar-refractivity contribution in [1.82, 2.24) is 5.32 Å². The summed E-state index contributed by atoms with van der Waals surface area (Å²) in [5.41, 5.74) is 0. The Labute approximate surface area is 136 Å². The number of nitrogens with zero attached hydrogens (tertiary/aromatic N) is 2. The van der Waals surface area contributed by atoms with E-state index >= 15 is 0 Å². The number of rotatable bonds is 10. The Morgan fingerprint density at radius 1 is 1.32 bits per heavy atom. The smallest absolute Gasteiger partial charge is 0.224 e. The molecule has 0 aromatic carbocycles. The number of aliphatic imine (C=N–C) groups is 1. The van der Waals surface area contributed by atoms with E-state index in [1.807, 2.05) is 0 Å². The van der Waals surface area contributed by atoms with Crippen molar-refractivity contribution in [3.63, 3.8) is 0 Å². The maximum absolute atomic E-state index is 11.4. The Morgan fingerprint density at radius 2 is 2.05 bits per heavy atom. The maximum atomic E-state index is 11.4. The highest BCUT2D eigenvalue weighted by atomic mass is 16.1. The lowest BCUT2D eigenvalue weighted by molar-refractivity contribution is -0.859. The second-order valence-electron chi connectivity index (χ2n) is 6.30. The zero-order chi connectivity index (χ0) is 16.4. The quantitative estimate of drug-likeness (QED) is 0.486. The third-order valence-electron chi connectivity index (χ3n) is 4.69. The minimum absolute atomic E-state index is 0.0320. The average molecular weight is 308 g/mol. The molecule has 0 fully saturated rings. The number of amides is 1. The van der Waals surface area contributed by atoms with Gasteiger partial charge in [0.25, 0.3) is 0 Å². The van der Waals surface area contributed by atoms with E-state index in [1.165, 1.54) is 32.1 Å². The number of carbonyl (C=O) groups is 1. The number of hydrogen-bond donors (Lipinski definition) is 1. The van der Waals surface area contributed by atoms with Crippen molar-refractivity contribution in [3.8, 4) is 0 Å². The zero-order valence-electron chi connectivity index (χ0n) is 14.9. The molecule has 0 radical (unpaired) electrons. The number of amidine groups is 1. The van der Waals surface area contributed by atoms with E-state index in [2.05, 4.69) is 43.2 Å². The summed E-state index contributed by atoms with van der Waals surface area (Å²) in [5.74, 6) is 1.15. The molecule has 2 unspecified atom stereocenters. The summed E-state index contributed by atoms with van der Waals surface area (Å²) in [5, 5.41) is 3.05. The summed E-state index contributed by atoms with van der Waals surface area (Å²) in [6, 6.07) is 0. The molecule has 1 N–H and O–H groups in total. The first-order valence-electron chi connectivity index (χ1n) is 8.92. The van der Waals surface area contributed by atoms with Crippen LogP contribution in [0.4, 0.5) is 0 Å². The first-order chi connectivity index (χ1) is 10.6. The van der Waals surface area contributed by atoms with Gasteiger partial charge in [-0.2, -0.15) is 0 Å². The van der Waals surface area contributed by atoms with Crippen LogP contribution in [0.1, 0.15) is 66.2 Å². The molecule has 0 aromatic heterocycles. The lowest BCUT2D eigenvalue weighted by Gasteiger charge is -2.38. The van der Waals surface area contributed by atoms with Gasteiger partial charge in [-0.25, -0.2) is 4.99 Å². The highest BCUT2D eigenvalue weighted by Gasteiger charge is 2.40. The van der Waals surface area contributed by atoms with E-state index in [9.17, 15) is 4.79 Å². The van der Waals surface area contributed by atoms with Gasteiger partial charge in [-0.3, -0.25) is 9.28 Å². The summed E-state index contributed by atoms with van der Waals surface area (Å²) in [6.45, 7) is 10.9. The fraction of sp³-hybridized carbons (Fsp3) is 0.778. The second-order valence-corrected chi connectivity index (χ2v) is 6.30. The lowest BCUT2D eigenvalue weighted by Crippen LogP contribution is -2.62. The monoisotopic (exact) mass is 308 g/mol. The van der Waals surface area contributed by atoms with Crippen molar-refractivity contribution in [2.45, 2.75) is 72.4 Å². The summed E-state index contributed by atoms with van der Waals surface area (Å²) in [7, 11) is 0. The van der Waals surface area contributed by atoms with Gasteiger partial charge in [0.15, 0.2) is 6.17 Å². The Kier molecular flexibility index (Phi) is 8.39. The van der Waals surface area contributed by atoms with E-state index in [4.69, 9.17) is 0 Å². The molecule has 1 aliphatic rings. The third kappa shape index (κ3) is 5.24. The molecule has 4 nitrogen and oxygen atoms in total.